The molecule has 0 radical (unpaired) electrons. The van der Waals surface area contributed by atoms with Gasteiger partial charge >= 0.3 is 0 Å². The summed E-state index contributed by atoms with van der Waals surface area (Å²) in [6.45, 7) is 0. The lowest BCUT2D eigenvalue weighted by molar-refractivity contribution is 0.100. The van der Waals surface area contributed by atoms with Crippen LogP contribution in [0.3, 0.4) is 0 Å². The first-order valence-corrected chi connectivity index (χ1v) is 5.36. The molecule has 0 saturated carbocycles. The second kappa shape index (κ2) is 3.80. The Morgan fingerprint density at radius 1 is 1.44 bits per heavy atom. The summed E-state index contributed by atoms with van der Waals surface area (Å²) in [5, 5.41) is 0.570. The van der Waals surface area contributed by atoms with Gasteiger partial charge in [-0.3, -0.25) is 4.79 Å². The van der Waals surface area contributed by atoms with Gasteiger partial charge in [-0.05, 0) is 12.1 Å². The third-order valence-corrected chi connectivity index (χ3v) is 2.77. The van der Waals surface area contributed by atoms with Crippen molar-refractivity contribution >= 4 is 16.8 Å². The highest BCUT2D eigenvalue weighted by molar-refractivity contribution is 6.07. The Kier molecular flexibility index (Phi) is 2.26. The predicted octanol–water partition coefficient (Wildman–Crippen LogP) is 2.54. The van der Waals surface area contributed by atoms with Crippen molar-refractivity contribution in [2.75, 3.05) is 0 Å². The van der Waals surface area contributed by atoms with Gasteiger partial charge in [0.25, 0.3) is 0 Å². The van der Waals surface area contributed by atoms with Gasteiger partial charge in [0.05, 0.1) is 12.5 Å². The molecule has 0 fully saturated rings. The fourth-order valence-electron chi connectivity index (χ4n) is 1.84. The number of nitrogens with zero attached hydrogens (tertiary/aromatic N) is 2. The van der Waals surface area contributed by atoms with Crippen molar-refractivity contribution < 1.29 is 13.6 Å². The molecule has 3 rings (SSSR count). The number of hydrogen-bond donors (Lipinski definition) is 0. The minimum absolute atomic E-state index is 0.100. The number of carbonyl (C=O) groups is 1. The Morgan fingerprint density at radius 2 is 2.28 bits per heavy atom. The first-order chi connectivity index (χ1) is 8.66. The zero-order valence-corrected chi connectivity index (χ0v) is 9.55. The lowest BCUT2D eigenvalue weighted by atomic mass is 10.2. The predicted molar refractivity (Wildman–Crippen MR) is 62.8 cm³/mol. The van der Waals surface area contributed by atoms with E-state index >= 15 is 0 Å². The standard InChI is InChI=1S/C13H9FN2O2/c1-16-7-15-6-10(16)12(17)11-5-8-3-2-4-9(14)13(8)18-11/h2-7H,1H3. The van der Waals surface area contributed by atoms with Crippen molar-refractivity contribution in [1.82, 2.24) is 9.55 Å². The van der Waals surface area contributed by atoms with E-state index in [9.17, 15) is 9.18 Å². The normalized spacial score (nSPS) is 11.0. The number of carbonyl (C=O) groups excluding carboxylic acids is 1. The lowest BCUT2D eigenvalue weighted by Gasteiger charge is -1.97. The highest BCUT2D eigenvalue weighted by Crippen LogP contribution is 2.23. The van der Waals surface area contributed by atoms with Gasteiger partial charge in [-0.2, -0.15) is 0 Å². The molecule has 0 atom stereocenters. The lowest BCUT2D eigenvalue weighted by Crippen LogP contribution is -2.05. The Morgan fingerprint density at radius 3 is 2.94 bits per heavy atom. The van der Waals surface area contributed by atoms with Crippen LogP contribution in [0.2, 0.25) is 0 Å². The van der Waals surface area contributed by atoms with Gasteiger partial charge < -0.3 is 8.98 Å². The number of benzene rings is 1. The van der Waals surface area contributed by atoms with Crippen molar-refractivity contribution in [3.8, 4) is 0 Å². The fourth-order valence-corrected chi connectivity index (χ4v) is 1.84. The third kappa shape index (κ3) is 1.52. The number of rotatable bonds is 2. The Hall–Kier alpha value is -2.43. The highest BCUT2D eigenvalue weighted by atomic mass is 19.1. The molecule has 0 N–H and O–H groups in total. The second-order valence-corrected chi connectivity index (χ2v) is 3.99. The van der Waals surface area contributed by atoms with Crippen LogP contribution < -0.4 is 0 Å². The van der Waals surface area contributed by atoms with E-state index in [-0.39, 0.29) is 17.1 Å². The van der Waals surface area contributed by atoms with Crippen LogP contribution in [0, 0.1) is 5.82 Å². The zero-order valence-electron chi connectivity index (χ0n) is 9.55. The number of aryl methyl sites for hydroxylation is 1. The summed E-state index contributed by atoms with van der Waals surface area (Å²) in [5.74, 6) is -0.680. The van der Waals surface area contributed by atoms with Gasteiger partial charge in [0.1, 0.15) is 5.69 Å². The van der Waals surface area contributed by atoms with E-state index in [4.69, 9.17) is 4.42 Å². The van der Waals surface area contributed by atoms with Crippen molar-refractivity contribution in [3.05, 3.63) is 54.1 Å². The Bertz CT molecular complexity index is 742. The van der Waals surface area contributed by atoms with Crippen molar-refractivity contribution in [2.24, 2.45) is 7.05 Å². The van der Waals surface area contributed by atoms with Crippen LogP contribution in [0.4, 0.5) is 4.39 Å². The SMILES string of the molecule is Cn1cncc1C(=O)c1cc2cccc(F)c2o1. The van der Waals surface area contributed by atoms with Crippen molar-refractivity contribution in [1.29, 1.82) is 0 Å². The van der Waals surface area contributed by atoms with Gasteiger partial charge in [-0.25, -0.2) is 9.37 Å². The zero-order chi connectivity index (χ0) is 12.7. The molecule has 0 unspecified atom stereocenters. The van der Waals surface area contributed by atoms with Crippen LogP contribution in [-0.2, 0) is 7.05 Å². The molecular formula is C13H9FN2O2. The van der Waals surface area contributed by atoms with E-state index in [0.717, 1.165) is 0 Å². The van der Waals surface area contributed by atoms with Gasteiger partial charge in [-0.1, -0.05) is 12.1 Å². The van der Waals surface area contributed by atoms with E-state index in [2.05, 4.69) is 4.98 Å². The average Bonchev–Trinajstić information content (AvgIpc) is 2.95. The molecule has 0 saturated heterocycles. The average molecular weight is 244 g/mol. The minimum atomic E-state index is -0.475. The molecule has 0 aliphatic rings. The van der Waals surface area contributed by atoms with Crippen LogP contribution in [0.1, 0.15) is 16.2 Å². The topological polar surface area (TPSA) is 48.0 Å². The molecule has 0 aliphatic carbocycles. The summed E-state index contributed by atoms with van der Waals surface area (Å²) in [7, 11) is 1.71. The number of para-hydroxylation sites is 1. The molecule has 2 heterocycles. The smallest absolute Gasteiger partial charge is 0.246 e. The van der Waals surface area contributed by atoms with Crippen LogP contribution in [-0.4, -0.2) is 15.3 Å². The largest absolute Gasteiger partial charge is 0.449 e. The molecule has 0 amide bonds. The summed E-state index contributed by atoms with van der Waals surface area (Å²) < 4.78 is 20.3. The first kappa shape index (κ1) is 10.7. The number of ketones is 1. The molecule has 4 nitrogen and oxygen atoms in total. The van der Waals surface area contributed by atoms with Gasteiger partial charge in [0.2, 0.25) is 5.78 Å². The van der Waals surface area contributed by atoms with Crippen LogP contribution in [0.25, 0.3) is 11.0 Å². The van der Waals surface area contributed by atoms with Gasteiger partial charge in [-0.15, -0.1) is 0 Å². The fraction of sp³-hybridized carbons (Fsp3) is 0.0769. The van der Waals surface area contributed by atoms with E-state index in [1.165, 1.54) is 24.7 Å². The summed E-state index contributed by atoms with van der Waals surface area (Å²) in [4.78, 5) is 16.0. The summed E-state index contributed by atoms with van der Waals surface area (Å²) in [5.41, 5.74) is 0.498. The monoisotopic (exact) mass is 244 g/mol. The molecule has 2 aromatic heterocycles. The third-order valence-electron chi connectivity index (χ3n) is 2.77. The molecule has 5 heteroatoms. The van der Waals surface area contributed by atoms with E-state index < -0.39 is 5.82 Å². The molecule has 0 aliphatic heterocycles. The molecule has 0 bridgehead atoms. The maximum Gasteiger partial charge on any atom is 0.246 e. The quantitative estimate of drug-likeness (QED) is 0.651. The molecule has 1 aromatic carbocycles. The van der Waals surface area contributed by atoms with Gasteiger partial charge in [0.15, 0.2) is 17.2 Å². The van der Waals surface area contributed by atoms with Crippen molar-refractivity contribution in [3.63, 3.8) is 0 Å². The van der Waals surface area contributed by atoms with Crippen LogP contribution in [0.5, 0.6) is 0 Å². The number of fused-ring (bicyclic) bond motifs is 1. The highest BCUT2D eigenvalue weighted by Gasteiger charge is 2.18. The van der Waals surface area contributed by atoms with Crippen molar-refractivity contribution in [2.45, 2.75) is 0 Å². The maximum atomic E-state index is 13.5. The second-order valence-electron chi connectivity index (χ2n) is 3.99. The number of aromatic nitrogens is 2. The molecule has 3 aromatic rings. The van der Waals surface area contributed by atoms with Gasteiger partial charge in [0, 0.05) is 12.4 Å². The Balaban J connectivity index is 2.13. The number of hydrogen-bond acceptors (Lipinski definition) is 3. The minimum Gasteiger partial charge on any atom is -0.449 e. The molecule has 90 valence electrons. The number of furan rings is 1. The molecular weight excluding hydrogens is 235 g/mol. The van der Waals surface area contributed by atoms with E-state index in [1.807, 2.05) is 0 Å². The molecule has 18 heavy (non-hydrogen) atoms. The van der Waals surface area contributed by atoms with E-state index in [0.29, 0.717) is 11.1 Å². The number of imidazole rings is 1. The number of halogens is 1. The first-order valence-electron chi connectivity index (χ1n) is 5.36. The molecule has 0 spiro atoms. The summed E-state index contributed by atoms with van der Waals surface area (Å²) in [6.07, 6.45) is 2.97. The maximum absolute atomic E-state index is 13.5. The van der Waals surface area contributed by atoms with E-state index in [1.54, 1.807) is 23.7 Å². The summed E-state index contributed by atoms with van der Waals surface area (Å²) >= 11 is 0. The van der Waals surface area contributed by atoms with Crippen LogP contribution >= 0.6 is 0 Å². The Labute approximate surface area is 102 Å². The van der Waals surface area contributed by atoms with Crippen LogP contribution in [0.15, 0.2) is 41.2 Å². The summed E-state index contributed by atoms with van der Waals surface area (Å²) in [6, 6.07) is 6.10.